The van der Waals surface area contributed by atoms with E-state index < -0.39 is 6.29 Å². The van der Waals surface area contributed by atoms with Gasteiger partial charge in [0.1, 0.15) is 0 Å². The normalized spacial score (nSPS) is 20.6. The van der Waals surface area contributed by atoms with Gasteiger partial charge in [0.2, 0.25) is 0 Å². The summed E-state index contributed by atoms with van der Waals surface area (Å²) >= 11 is 0. The summed E-state index contributed by atoms with van der Waals surface area (Å²) in [5, 5.41) is 9.63. The Morgan fingerprint density at radius 2 is 1.41 bits per heavy atom. The second-order valence-corrected chi connectivity index (χ2v) is 12.8. The van der Waals surface area contributed by atoms with Gasteiger partial charge in [-0.05, 0) is 64.2 Å². The van der Waals surface area contributed by atoms with Crippen LogP contribution in [0.2, 0.25) is 0 Å². The summed E-state index contributed by atoms with van der Waals surface area (Å²) in [5.41, 5.74) is 8.41. The number of ether oxygens (including phenoxy) is 2. The number of nitrogens with zero attached hydrogens (tertiary/aromatic N) is 3. The predicted octanol–water partition coefficient (Wildman–Crippen LogP) is 7.48. The van der Waals surface area contributed by atoms with Gasteiger partial charge < -0.3 is 19.1 Å². The molecule has 2 aliphatic rings. The van der Waals surface area contributed by atoms with E-state index in [1.54, 1.807) is 24.3 Å². The number of rotatable bonds is 8. The maximum absolute atomic E-state index is 13.0. The van der Waals surface area contributed by atoms with E-state index in [-0.39, 0.29) is 43.1 Å². The van der Waals surface area contributed by atoms with E-state index in [1.807, 2.05) is 91.3 Å². The van der Waals surface area contributed by atoms with E-state index in [9.17, 15) is 14.7 Å². The molecule has 8 rings (SSSR count). The molecule has 0 bridgehead atoms. The van der Waals surface area contributed by atoms with Gasteiger partial charge >= 0.3 is 0 Å². The van der Waals surface area contributed by atoms with Crippen molar-refractivity contribution < 1.29 is 24.2 Å². The molecule has 6 aromatic rings. The highest BCUT2D eigenvalue weighted by atomic mass is 16.7. The van der Waals surface area contributed by atoms with Crippen molar-refractivity contribution in [3.8, 4) is 11.1 Å². The highest BCUT2D eigenvalue weighted by molar-refractivity contribution is 6.21. The van der Waals surface area contributed by atoms with E-state index >= 15 is 0 Å². The van der Waals surface area contributed by atoms with E-state index in [0.717, 1.165) is 44.4 Å². The molecule has 244 valence electrons. The van der Waals surface area contributed by atoms with Gasteiger partial charge in [0, 0.05) is 11.5 Å². The third-order valence-electron chi connectivity index (χ3n) is 9.67. The van der Waals surface area contributed by atoms with Crippen LogP contribution in [0.25, 0.3) is 22.2 Å². The first kappa shape index (κ1) is 30.9. The molecule has 0 spiro atoms. The fraction of sp³-hybridized carbons (Fsp3) is 0.195. The number of aliphatic hydroxyl groups is 1. The molecule has 49 heavy (non-hydrogen) atoms. The minimum absolute atomic E-state index is 0.0133. The molecule has 0 unspecified atom stereocenters. The van der Waals surface area contributed by atoms with Crippen LogP contribution in [0, 0.1) is 5.92 Å². The number of fused-ring (bicyclic) bond motifs is 2. The van der Waals surface area contributed by atoms with E-state index in [0.29, 0.717) is 17.7 Å². The molecule has 5 aromatic carbocycles. The number of amides is 2. The second kappa shape index (κ2) is 12.9. The summed E-state index contributed by atoms with van der Waals surface area (Å²) in [4.78, 5) is 32.0. The van der Waals surface area contributed by atoms with Gasteiger partial charge in [-0.15, -0.1) is 0 Å². The summed E-state index contributed by atoms with van der Waals surface area (Å²) in [7, 11) is 0. The third kappa shape index (κ3) is 5.84. The Labute approximate surface area is 284 Å². The molecule has 1 fully saturated rings. The lowest BCUT2D eigenvalue weighted by Crippen LogP contribution is -2.39. The number of imide groups is 1. The van der Waals surface area contributed by atoms with Crippen LogP contribution in [-0.4, -0.2) is 37.5 Å². The van der Waals surface area contributed by atoms with Crippen molar-refractivity contribution in [2.45, 2.75) is 45.1 Å². The average Bonchev–Trinajstić information content (AvgIpc) is 3.66. The van der Waals surface area contributed by atoms with Crippen molar-refractivity contribution in [2.24, 2.45) is 5.92 Å². The van der Waals surface area contributed by atoms with Crippen LogP contribution in [0.3, 0.4) is 0 Å². The number of imidazole rings is 1. The van der Waals surface area contributed by atoms with Gasteiger partial charge in [-0.3, -0.25) is 14.5 Å². The number of aromatic nitrogens is 2. The van der Waals surface area contributed by atoms with Crippen LogP contribution in [0.1, 0.15) is 62.3 Å². The first-order chi connectivity index (χ1) is 24.0. The maximum Gasteiger partial charge on any atom is 0.261 e. The van der Waals surface area contributed by atoms with Crippen molar-refractivity contribution in [2.75, 3.05) is 0 Å². The van der Waals surface area contributed by atoms with Gasteiger partial charge in [0.05, 0.1) is 60.4 Å². The smallest absolute Gasteiger partial charge is 0.261 e. The zero-order chi connectivity index (χ0) is 33.5. The van der Waals surface area contributed by atoms with E-state index in [1.165, 1.54) is 4.90 Å². The number of hydrogen-bond acceptors (Lipinski definition) is 6. The molecule has 0 aliphatic carbocycles. The van der Waals surface area contributed by atoms with E-state index in [2.05, 4.69) is 28.6 Å². The van der Waals surface area contributed by atoms with Crippen LogP contribution in [0.4, 0.5) is 0 Å². The van der Waals surface area contributed by atoms with Gasteiger partial charge in [-0.1, -0.05) is 91.9 Å². The van der Waals surface area contributed by atoms with Gasteiger partial charge in [0.25, 0.3) is 11.8 Å². The molecular weight excluding hydrogens is 614 g/mol. The maximum atomic E-state index is 13.0. The molecule has 8 nitrogen and oxygen atoms in total. The molecule has 1 N–H and O–H groups in total. The fourth-order valence-electron chi connectivity index (χ4n) is 6.96. The van der Waals surface area contributed by atoms with Crippen LogP contribution >= 0.6 is 0 Å². The van der Waals surface area contributed by atoms with Gasteiger partial charge in [-0.25, -0.2) is 4.98 Å². The average molecular weight is 650 g/mol. The Bertz CT molecular complexity index is 2140. The SMILES string of the molecule is C[C@H]1[C@@H](Cn2cnc3ccccc32)O[C@@H](c2cccc(-c3cccc(CN4C(=O)c5ccccc5C4=O)c3)c2)O[C@H]1c1ccc(CO)cc1. The minimum Gasteiger partial charge on any atom is -0.392 e. The molecule has 4 atom stereocenters. The quantitative estimate of drug-likeness (QED) is 0.172. The van der Waals surface area contributed by atoms with Crippen LogP contribution in [0.5, 0.6) is 0 Å². The predicted molar refractivity (Wildman–Crippen MR) is 185 cm³/mol. The van der Waals surface area contributed by atoms with Crippen LogP contribution in [-0.2, 0) is 29.2 Å². The summed E-state index contributed by atoms with van der Waals surface area (Å²) in [6.07, 6.45) is 0.787. The monoisotopic (exact) mass is 649 g/mol. The van der Waals surface area contributed by atoms with Crippen molar-refractivity contribution >= 4 is 22.8 Å². The summed E-state index contributed by atoms with van der Waals surface area (Å²) in [5.74, 6) is -0.528. The third-order valence-corrected chi connectivity index (χ3v) is 9.67. The number of aliphatic hydroxyl groups excluding tert-OH is 1. The van der Waals surface area contributed by atoms with E-state index in [4.69, 9.17) is 9.47 Å². The van der Waals surface area contributed by atoms with Crippen molar-refractivity contribution in [1.29, 1.82) is 0 Å². The van der Waals surface area contributed by atoms with Crippen LogP contribution < -0.4 is 0 Å². The minimum atomic E-state index is -0.639. The zero-order valence-electron chi connectivity index (χ0n) is 27.0. The summed E-state index contributed by atoms with van der Waals surface area (Å²) in [6.45, 7) is 2.93. The molecule has 1 saturated heterocycles. The molecule has 3 heterocycles. The standard InChI is InChI=1S/C41H35N3O5/c1-26-37(23-43-25-42-35-14-4-5-15-36(35)43)48-41(49-38(26)29-18-16-27(24-45)17-19-29)32-11-7-10-31(21-32)30-9-6-8-28(20-30)22-44-39(46)33-12-2-3-13-34(33)40(44)47/h2-21,25-26,37-38,41,45H,22-24H2,1H3/t26-,37+,38+,41+/m0/s1. The van der Waals surface area contributed by atoms with Crippen molar-refractivity contribution in [3.63, 3.8) is 0 Å². The topological polar surface area (TPSA) is 93.9 Å². The fourth-order valence-corrected chi connectivity index (χ4v) is 6.96. The first-order valence-corrected chi connectivity index (χ1v) is 16.5. The zero-order valence-corrected chi connectivity index (χ0v) is 27.0. The first-order valence-electron chi connectivity index (χ1n) is 16.5. The molecule has 0 saturated carbocycles. The van der Waals surface area contributed by atoms with Crippen molar-refractivity contribution in [3.05, 3.63) is 161 Å². The molecule has 8 heteroatoms. The Hall–Kier alpha value is -5.41. The Morgan fingerprint density at radius 1 is 0.714 bits per heavy atom. The Kier molecular flexibility index (Phi) is 8.13. The van der Waals surface area contributed by atoms with Crippen molar-refractivity contribution in [1.82, 2.24) is 14.5 Å². The van der Waals surface area contributed by atoms with Crippen LogP contribution in [0.15, 0.2) is 128 Å². The highest BCUT2D eigenvalue weighted by Crippen LogP contribution is 2.43. The summed E-state index contributed by atoms with van der Waals surface area (Å²) in [6, 6.07) is 39.0. The second-order valence-electron chi connectivity index (χ2n) is 12.8. The lowest BCUT2D eigenvalue weighted by Gasteiger charge is -2.41. The molecule has 1 aromatic heterocycles. The number of carbonyl (C=O) groups excluding carboxylic acids is 2. The highest BCUT2D eigenvalue weighted by Gasteiger charge is 2.39. The Morgan fingerprint density at radius 3 is 2.16 bits per heavy atom. The Balaban J connectivity index is 1.08. The number of benzene rings is 5. The van der Waals surface area contributed by atoms with Gasteiger partial charge in [0.15, 0.2) is 6.29 Å². The molecule has 2 amide bonds. The number of para-hydroxylation sites is 2. The van der Waals surface area contributed by atoms with Gasteiger partial charge in [-0.2, -0.15) is 0 Å². The number of hydrogen-bond donors (Lipinski definition) is 1. The molecule has 2 aliphatic heterocycles. The molecule has 0 radical (unpaired) electrons. The molecular formula is C41H35N3O5. The largest absolute Gasteiger partial charge is 0.392 e. The lowest BCUT2D eigenvalue weighted by molar-refractivity contribution is -0.276. The lowest BCUT2D eigenvalue weighted by atomic mass is 9.90. The summed E-state index contributed by atoms with van der Waals surface area (Å²) < 4.78 is 15.7. The number of carbonyl (C=O) groups is 2.